The Morgan fingerprint density at radius 3 is 2.40 bits per heavy atom. The SMILES string of the molecule is Cc1nn(C)cc1C(C)Nc1ccc(CN(C)C)cc1. The van der Waals surface area contributed by atoms with Crippen molar-refractivity contribution < 1.29 is 0 Å². The molecular weight excluding hydrogens is 248 g/mol. The second-order valence-corrected chi connectivity index (χ2v) is 5.64. The van der Waals surface area contributed by atoms with E-state index in [1.54, 1.807) is 0 Å². The van der Waals surface area contributed by atoms with E-state index in [9.17, 15) is 0 Å². The van der Waals surface area contributed by atoms with Crippen LogP contribution in [0.5, 0.6) is 0 Å². The van der Waals surface area contributed by atoms with Crippen molar-refractivity contribution in [3.8, 4) is 0 Å². The number of benzene rings is 1. The maximum atomic E-state index is 4.39. The highest BCUT2D eigenvalue weighted by molar-refractivity contribution is 5.46. The summed E-state index contributed by atoms with van der Waals surface area (Å²) in [6.07, 6.45) is 2.08. The third-order valence-corrected chi connectivity index (χ3v) is 3.35. The lowest BCUT2D eigenvalue weighted by Gasteiger charge is -2.16. The zero-order valence-corrected chi connectivity index (χ0v) is 13.0. The van der Waals surface area contributed by atoms with E-state index in [2.05, 4.69) is 66.8 Å². The van der Waals surface area contributed by atoms with Gasteiger partial charge in [0.2, 0.25) is 0 Å². The first kappa shape index (κ1) is 14.6. The molecule has 2 rings (SSSR count). The number of nitrogens with one attached hydrogen (secondary N) is 1. The van der Waals surface area contributed by atoms with Crippen molar-refractivity contribution in [3.05, 3.63) is 47.3 Å². The molecule has 108 valence electrons. The Balaban J connectivity index is 2.04. The molecule has 20 heavy (non-hydrogen) atoms. The molecular formula is C16H24N4. The van der Waals surface area contributed by atoms with Crippen molar-refractivity contribution in [1.29, 1.82) is 0 Å². The first-order valence-electron chi connectivity index (χ1n) is 6.96. The predicted molar refractivity (Wildman–Crippen MR) is 83.8 cm³/mol. The third-order valence-electron chi connectivity index (χ3n) is 3.35. The molecule has 0 fully saturated rings. The predicted octanol–water partition coefficient (Wildman–Crippen LogP) is 2.96. The van der Waals surface area contributed by atoms with Crippen molar-refractivity contribution in [1.82, 2.24) is 14.7 Å². The van der Waals surface area contributed by atoms with Gasteiger partial charge in [0.1, 0.15) is 0 Å². The van der Waals surface area contributed by atoms with Crippen molar-refractivity contribution in [2.75, 3.05) is 19.4 Å². The van der Waals surface area contributed by atoms with Crippen LogP contribution in [0, 0.1) is 6.92 Å². The minimum atomic E-state index is 0.253. The molecule has 0 aliphatic heterocycles. The summed E-state index contributed by atoms with van der Waals surface area (Å²) in [6.45, 7) is 5.18. The Hall–Kier alpha value is -1.81. The average Bonchev–Trinajstić information content (AvgIpc) is 2.70. The molecule has 4 heteroatoms. The van der Waals surface area contributed by atoms with Gasteiger partial charge in [-0.05, 0) is 45.6 Å². The number of hydrogen-bond acceptors (Lipinski definition) is 3. The van der Waals surface area contributed by atoms with Gasteiger partial charge in [0, 0.05) is 31.0 Å². The van der Waals surface area contributed by atoms with Gasteiger partial charge in [0.15, 0.2) is 0 Å². The lowest BCUT2D eigenvalue weighted by molar-refractivity contribution is 0.402. The Kier molecular flexibility index (Phi) is 4.45. The second kappa shape index (κ2) is 6.09. The van der Waals surface area contributed by atoms with Crippen LogP contribution in [0.25, 0.3) is 0 Å². The molecule has 1 unspecified atom stereocenters. The number of rotatable bonds is 5. The van der Waals surface area contributed by atoms with Gasteiger partial charge in [0.25, 0.3) is 0 Å². The molecule has 0 radical (unpaired) electrons. The maximum absolute atomic E-state index is 4.39. The summed E-state index contributed by atoms with van der Waals surface area (Å²) in [5, 5.41) is 7.92. The standard InChI is InChI=1S/C16H24N4/c1-12(16-11-20(5)18-13(16)2)17-15-8-6-14(7-9-15)10-19(3)4/h6-9,11-12,17H,10H2,1-5H3. The van der Waals surface area contributed by atoms with Crippen LogP contribution in [0.3, 0.4) is 0 Å². The van der Waals surface area contributed by atoms with Crippen LogP contribution in [-0.4, -0.2) is 28.8 Å². The number of aryl methyl sites for hydroxylation is 2. The molecule has 0 saturated heterocycles. The summed E-state index contributed by atoms with van der Waals surface area (Å²) < 4.78 is 1.86. The van der Waals surface area contributed by atoms with Gasteiger partial charge < -0.3 is 10.2 Å². The van der Waals surface area contributed by atoms with Gasteiger partial charge >= 0.3 is 0 Å². The zero-order valence-electron chi connectivity index (χ0n) is 13.0. The van der Waals surface area contributed by atoms with Gasteiger partial charge in [-0.2, -0.15) is 5.10 Å². The average molecular weight is 272 g/mol. The van der Waals surface area contributed by atoms with Gasteiger partial charge in [-0.15, -0.1) is 0 Å². The van der Waals surface area contributed by atoms with Crippen LogP contribution in [0.1, 0.15) is 29.8 Å². The van der Waals surface area contributed by atoms with Crippen LogP contribution in [0.15, 0.2) is 30.5 Å². The van der Waals surface area contributed by atoms with E-state index in [1.807, 2.05) is 18.7 Å². The fourth-order valence-electron chi connectivity index (χ4n) is 2.44. The molecule has 1 aromatic carbocycles. The van der Waals surface area contributed by atoms with Gasteiger partial charge in [-0.1, -0.05) is 12.1 Å². The highest BCUT2D eigenvalue weighted by Gasteiger charge is 2.11. The van der Waals surface area contributed by atoms with E-state index in [0.717, 1.165) is 17.9 Å². The van der Waals surface area contributed by atoms with Crippen molar-refractivity contribution in [2.45, 2.75) is 26.4 Å². The molecule has 1 aromatic heterocycles. The molecule has 0 aliphatic carbocycles. The molecule has 0 spiro atoms. The number of aromatic nitrogens is 2. The van der Waals surface area contributed by atoms with Crippen LogP contribution in [-0.2, 0) is 13.6 Å². The maximum Gasteiger partial charge on any atom is 0.0646 e. The Morgan fingerprint density at radius 1 is 1.25 bits per heavy atom. The number of anilines is 1. The number of nitrogens with zero attached hydrogens (tertiary/aromatic N) is 3. The van der Waals surface area contributed by atoms with Gasteiger partial charge in [0.05, 0.1) is 11.7 Å². The first-order chi connectivity index (χ1) is 9.45. The number of hydrogen-bond donors (Lipinski definition) is 1. The largest absolute Gasteiger partial charge is 0.378 e. The normalized spacial score (nSPS) is 12.7. The summed E-state index contributed by atoms with van der Waals surface area (Å²) in [5.41, 5.74) is 4.79. The van der Waals surface area contributed by atoms with Crippen LogP contribution in [0.2, 0.25) is 0 Å². The topological polar surface area (TPSA) is 33.1 Å². The minimum absolute atomic E-state index is 0.253. The van der Waals surface area contributed by atoms with E-state index < -0.39 is 0 Å². The van der Waals surface area contributed by atoms with E-state index in [-0.39, 0.29) is 6.04 Å². The van der Waals surface area contributed by atoms with Crippen molar-refractivity contribution >= 4 is 5.69 Å². The highest BCUT2D eigenvalue weighted by Crippen LogP contribution is 2.21. The first-order valence-corrected chi connectivity index (χ1v) is 6.96. The van der Waals surface area contributed by atoms with E-state index in [4.69, 9.17) is 0 Å². The minimum Gasteiger partial charge on any atom is -0.378 e. The summed E-state index contributed by atoms with van der Waals surface area (Å²) in [7, 11) is 6.12. The zero-order chi connectivity index (χ0) is 14.7. The van der Waals surface area contributed by atoms with Gasteiger partial charge in [-0.25, -0.2) is 0 Å². The highest BCUT2D eigenvalue weighted by atomic mass is 15.3. The molecule has 4 nitrogen and oxygen atoms in total. The third kappa shape index (κ3) is 3.61. The Bertz CT molecular complexity index is 554. The van der Waals surface area contributed by atoms with Crippen LogP contribution < -0.4 is 5.32 Å². The summed E-state index contributed by atoms with van der Waals surface area (Å²) in [6, 6.07) is 8.88. The molecule has 0 amide bonds. The second-order valence-electron chi connectivity index (χ2n) is 5.64. The molecule has 0 bridgehead atoms. The summed E-state index contributed by atoms with van der Waals surface area (Å²) >= 11 is 0. The Labute approximate surface area is 121 Å². The van der Waals surface area contributed by atoms with Crippen molar-refractivity contribution in [2.24, 2.45) is 7.05 Å². The Morgan fingerprint density at radius 2 is 1.90 bits per heavy atom. The molecule has 0 saturated carbocycles. The molecule has 1 atom stereocenters. The lowest BCUT2D eigenvalue weighted by atomic mass is 10.1. The smallest absolute Gasteiger partial charge is 0.0646 e. The van der Waals surface area contributed by atoms with Crippen LogP contribution >= 0.6 is 0 Å². The summed E-state index contributed by atoms with van der Waals surface area (Å²) in [4.78, 5) is 2.17. The lowest BCUT2D eigenvalue weighted by Crippen LogP contribution is -2.11. The van der Waals surface area contributed by atoms with Gasteiger partial charge in [-0.3, -0.25) is 4.68 Å². The fourth-order valence-corrected chi connectivity index (χ4v) is 2.44. The monoisotopic (exact) mass is 272 g/mol. The van der Waals surface area contributed by atoms with E-state index in [1.165, 1.54) is 11.1 Å². The quantitative estimate of drug-likeness (QED) is 0.908. The molecule has 1 heterocycles. The molecule has 0 aliphatic rings. The van der Waals surface area contributed by atoms with E-state index in [0.29, 0.717) is 0 Å². The molecule has 2 aromatic rings. The van der Waals surface area contributed by atoms with Crippen LogP contribution in [0.4, 0.5) is 5.69 Å². The summed E-state index contributed by atoms with van der Waals surface area (Å²) in [5.74, 6) is 0. The fraction of sp³-hybridized carbons (Fsp3) is 0.438. The molecule has 1 N–H and O–H groups in total. The van der Waals surface area contributed by atoms with E-state index >= 15 is 0 Å². The van der Waals surface area contributed by atoms with Crippen molar-refractivity contribution in [3.63, 3.8) is 0 Å².